The van der Waals surface area contributed by atoms with Gasteiger partial charge in [0.1, 0.15) is 0 Å². The maximum absolute atomic E-state index is 11.4. The molecule has 0 saturated heterocycles. The number of rotatable bonds is 10. The molecular weight excluding hydrogens is 262 g/mol. The van der Waals surface area contributed by atoms with E-state index in [9.17, 15) is 8.42 Å². The molecular formula is C14H31NO3S. The first kappa shape index (κ1) is 18.9. The van der Waals surface area contributed by atoms with Gasteiger partial charge >= 0.3 is 0 Å². The van der Waals surface area contributed by atoms with Crippen LogP contribution < -0.4 is 5.14 Å². The molecule has 0 bridgehead atoms. The van der Waals surface area contributed by atoms with Gasteiger partial charge in [-0.2, -0.15) is 0 Å². The first-order chi connectivity index (χ1) is 8.66. The van der Waals surface area contributed by atoms with Crippen LogP contribution in [0.1, 0.15) is 60.3 Å². The van der Waals surface area contributed by atoms with Crippen molar-refractivity contribution in [3.05, 3.63) is 0 Å². The Bertz CT molecular complexity index is 344. The van der Waals surface area contributed by atoms with Crippen molar-refractivity contribution in [1.29, 1.82) is 0 Å². The molecule has 0 atom stereocenters. The van der Waals surface area contributed by atoms with E-state index in [0.29, 0.717) is 13.2 Å². The third-order valence-electron chi connectivity index (χ3n) is 4.57. The zero-order chi connectivity index (χ0) is 15.2. The summed E-state index contributed by atoms with van der Waals surface area (Å²) in [6.45, 7) is 11.6. The lowest BCUT2D eigenvalue weighted by molar-refractivity contribution is -0.00126. The van der Waals surface area contributed by atoms with E-state index in [-0.39, 0.29) is 16.6 Å². The summed E-state index contributed by atoms with van der Waals surface area (Å²) in [7, 11) is -3.46. The van der Waals surface area contributed by atoms with E-state index in [2.05, 4.69) is 20.8 Å². The third kappa shape index (κ3) is 6.72. The van der Waals surface area contributed by atoms with Gasteiger partial charge in [0.15, 0.2) is 0 Å². The van der Waals surface area contributed by atoms with Gasteiger partial charge in [0.2, 0.25) is 10.0 Å². The molecule has 0 rings (SSSR count). The Labute approximate surface area is 119 Å². The summed E-state index contributed by atoms with van der Waals surface area (Å²) in [5.41, 5.74) is -0.176. The number of nitrogens with two attached hydrogens (primary N) is 1. The number of sulfonamides is 1. The Morgan fingerprint density at radius 3 is 1.74 bits per heavy atom. The fourth-order valence-corrected chi connectivity index (χ4v) is 3.44. The van der Waals surface area contributed by atoms with Crippen LogP contribution in [0.4, 0.5) is 0 Å². The van der Waals surface area contributed by atoms with Crippen molar-refractivity contribution >= 4 is 10.0 Å². The molecule has 0 amide bonds. The Kier molecular flexibility index (Phi) is 7.55. The summed E-state index contributed by atoms with van der Waals surface area (Å²) in [6, 6.07) is 0. The second-order valence-electron chi connectivity index (χ2n) is 6.02. The first-order valence-electron chi connectivity index (χ1n) is 7.24. The Morgan fingerprint density at radius 1 is 0.947 bits per heavy atom. The van der Waals surface area contributed by atoms with Gasteiger partial charge in [-0.1, -0.05) is 34.6 Å². The van der Waals surface area contributed by atoms with Crippen LogP contribution in [-0.4, -0.2) is 27.4 Å². The van der Waals surface area contributed by atoms with Crippen LogP contribution >= 0.6 is 0 Å². The molecule has 0 aliphatic rings. The lowest BCUT2D eigenvalue weighted by atomic mass is 9.84. The predicted octanol–water partition coefficient (Wildman–Crippen LogP) is 2.92. The molecule has 0 aliphatic heterocycles. The zero-order valence-corrected chi connectivity index (χ0v) is 14.0. The quantitative estimate of drug-likeness (QED) is 0.673. The van der Waals surface area contributed by atoms with Crippen LogP contribution in [0.25, 0.3) is 0 Å². The standard InChI is InChI=1S/C14H31NO3S/c1-6-13(5,7-2)10-18-11-14(8-3,9-4)12-19(15,16)17/h6-12H2,1-5H3,(H2,15,16,17). The highest BCUT2D eigenvalue weighted by atomic mass is 32.2. The van der Waals surface area contributed by atoms with Crippen molar-refractivity contribution in [2.45, 2.75) is 60.3 Å². The topological polar surface area (TPSA) is 69.4 Å². The maximum atomic E-state index is 11.4. The van der Waals surface area contributed by atoms with Gasteiger partial charge in [0.25, 0.3) is 0 Å². The van der Waals surface area contributed by atoms with Crippen molar-refractivity contribution in [2.24, 2.45) is 16.0 Å². The average Bonchev–Trinajstić information content (AvgIpc) is 2.35. The van der Waals surface area contributed by atoms with Gasteiger partial charge in [-0.25, -0.2) is 13.6 Å². The molecule has 0 aromatic heterocycles. The van der Waals surface area contributed by atoms with Crippen LogP contribution in [0.2, 0.25) is 0 Å². The Morgan fingerprint density at radius 2 is 1.42 bits per heavy atom. The van der Waals surface area contributed by atoms with Crippen molar-refractivity contribution in [1.82, 2.24) is 0 Å². The SMILES string of the molecule is CCC(C)(CC)COCC(CC)(CC)CS(N)(=O)=O. The lowest BCUT2D eigenvalue weighted by Crippen LogP contribution is -2.38. The van der Waals surface area contributed by atoms with E-state index >= 15 is 0 Å². The average molecular weight is 293 g/mol. The van der Waals surface area contributed by atoms with Crippen LogP contribution in [0.5, 0.6) is 0 Å². The number of primary sulfonamides is 1. The van der Waals surface area contributed by atoms with Gasteiger partial charge < -0.3 is 4.74 Å². The van der Waals surface area contributed by atoms with E-state index in [1.807, 2.05) is 13.8 Å². The molecule has 116 valence electrons. The highest BCUT2D eigenvalue weighted by Crippen LogP contribution is 2.31. The first-order valence-corrected chi connectivity index (χ1v) is 8.95. The molecule has 0 spiro atoms. The van der Waals surface area contributed by atoms with E-state index in [0.717, 1.165) is 25.7 Å². The van der Waals surface area contributed by atoms with Crippen LogP contribution in [0.3, 0.4) is 0 Å². The summed E-state index contributed by atoms with van der Waals surface area (Å²) in [4.78, 5) is 0. The molecule has 5 heteroatoms. The number of hydrogen-bond donors (Lipinski definition) is 1. The van der Waals surface area contributed by atoms with E-state index in [4.69, 9.17) is 9.88 Å². The van der Waals surface area contributed by atoms with Crippen molar-refractivity contribution in [2.75, 3.05) is 19.0 Å². The maximum Gasteiger partial charge on any atom is 0.209 e. The molecule has 2 N–H and O–H groups in total. The van der Waals surface area contributed by atoms with Gasteiger partial charge in [0.05, 0.1) is 19.0 Å². The van der Waals surface area contributed by atoms with Crippen LogP contribution in [-0.2, 0) is 14.8 Å². The minimum Gasteiger partial charge on any atom is -0.380 e. The minimum absolute atomic E-state index is 0.00195. The van der Waals surface area contributed by atoms with Gasteiger partial charge in [-0.15, -0.1) is 0 Å². The molecule has 0 aromatic rings. The van der Waals surface area contributed by atoms with Crippen molar-refractivity contribution in [3.8, 4) is 0 Å². The molecule has 0 unspecified atom stereocenters. The highest BCUT2D eigenvalue weighted by molar-refractivity contribution is 7.89. The van der Waals surface area contributed by atoms with Crippen LogP contribution in [0, 0.1) is 10.8 Å². The normalized spacial score (nSPS) is 13.8. The summed E-state index contributed by atoms with van der Waals surface area (Å²) in [6.07, 6.45) is 3.64. The van der Waals surface area contributed by atoms with Crippen molar-refractivity contribution in [3.63, 3.8) is 0 Å². The Hall–Kier alpha value is -0.130. The number of hydrogen-bond acceptors (Lipinski definition) is 3. The van der Waals surface area contributed by atoms with Gasteiger partial charge in [-0.05, 0) is 31.1 Å². The molecule has 0 saturated carbocycles. The van der Waals surface area contributed by atoms with E-state index in [1.54, 1.807) is 0 Å². The molecule has 0 fully saturated rings. The fraction of sp³-hybridized carbons (Fsp3) is 1.00. The van der Waals surface area contributed by atoms with Crippen LogP contribution in [0.15, 0.2) is 0 Å². The smallest absolute Gasteiger partial charge is 0.209 e. The van der Waals surface area contributed by atoms with Gasteiger partial charge in [-0.3, -0.25) is 0 Å². The summed E-state index contributed by atoms with van der Waals surface area (Å²) in [5.74, 6) is 0.00195. The molecule has 4 nitrogen and oxygen atoms in total. The monoisotopic (exact) mass is 293 g/mol. The predicted molar refractivity (Wildman–Crippen MR) is 80.5 cm³/mol. The largest absolute Gasteiger partial charge is 0.380 e. The highest BCUT2D eigenvalue weighted by Gasteiger charge is 2.32. The summed E-state index contributed by atoms with van der Waals surface area (Å²) < 4.78 is 28.6. The molecule has 19 heavy (non-hydrogen) atoms. The van der Waals surface area contributed by atoms with Crippen molar-refractivity contribution < 1.29 is 13.2 Å². The second kappa shape index (κ2) is 7.60. The summed E-state index contributed by atoms with van der Waals surface area (Å²) >= 11 is 0. The minimum atomic E-state index is -3.46. The fourth-order valence-electron chi connectivity index (χ4n) is 2.09. The molecule has 0 heterocycles. The molecule has 0 aromatic carbocycles. The molecule has 0 aliphatic carbocycles. The van der Waals surface area contributed by atoms with Gasteiger partial charge in [0, 0.05) is 5.41 Å². The summed E-state index contributed by atoms with van der Waals surface area (Å²) in [5, 5.41) is 5.20. The second-order valence-corrected chi connectivity index (χ2v) is 7.64. The van der Waals surface area contributed by atoms with E-state index < -0.39 is 10.0 Å². The zero-order valence-electron chi connectivity index (χ0n) is 13.2. The number of ether oxygens (including phenoxy) is 1. The third-order valence-corrected chi connectivity index (χ3v) is 5.59. The van der Waals surface area contributed by atoms with E-state index in [1.165, 1.54) is 0 Å². The Balaban J connectivity index is 4.61. The molecule has 0 radical (unpaired) electrons. The lowest BCUT2D eigenvalue weighted by Gasteiger charge is -2.33.